The van der Waals surface area contributed by atoms with E-state index in [0.29, 0.717) is 17.6 Å². The summed E-state index contributed by atoms with van der Waals surface area (Å²) >= 11 is 3.66. The number of hydrogen-bond acceptors (Lipinski definition) is 3. The highest BCUT2D eigenvalue weighted by atomic mass is 79.9. The minimum absolute atomic E-state index is 0.00628. The number of nitrogens with zero attached hydrogens (tertiary/aromatic N) is 1. The van der Waals surface area contributed by atoms with E-state index in [1.54, 1.807) is 0 Å². The maximum Gasteiger partial charge on any atom is 0.192 e. The van der Waals surface area contributed by atoms with Gasteiger partial charge in [-0.2, -0.15) is 0 Å². The van der Waals surface area contributed by atoms with Crippen molar-refractivity contribution in [3.63, 3.8) is 0 Å². The van der Waals surface area contributed by atoms with Crippen LogP contribution in [0.2, 0.25) is 0 Å². The van der Waals surface area contributed by atoms with Gasteiger partial charge in [-0.1, -0.05) is 72.2 Å². The number of halogens is 1. The van der Waals surface area contributed by atoms with Crippen LogP contribution >= 0.6 is 15.9 Å². The average molecular weight is 434 g/mol. The molecule has 1 saturated carbocycles. The van der Waals surface area contributed by atoms with Gasteiger partial charge in [0.25, 0.3) is 0 Å². The molecule has 0 saturated heterocycles. The van der Waals surface area contributed by atoms with Gasteiger partial charge in [-0.15, -0.1) is 0 Å². The molecule has 0 N–H and O–H groups in total. The summed E-state index contributed by atoms with van der Waals surface area (Å²) in [7, 11) is 0. The van der Waals surface area contributed by atoms with Gasteiger partial charge in [-0.3, -0.25) is 14.6 Å². The summed E-state index contributed by atoms with van der Waals surface area (Å²) in [6.45, 7) is 4.24. The van der Waals surface area contributed by atoms with Crippen molar-refractivity contribution in [3.05, 3.63) is 75.3 Å². The lowest BCUT2D eigenvalue weighted by Gasteiger charge is -2.40. The molecule has 0 spiro atoms. The Morgan fingerprint density at radius 3 is 2.36 bits per heavy atom. The molecule has 2 aromatic rings. The first-order valence-electron chi connectivity index (χ1n) is 9.60. The van der Waals surface area contributed by atoms with Crippen LogP contribution in [0.15, 0.2) is 63.6 Å². The van der Waals surface area contributed by atoms with E-state index in [1.165, 1.54) is 0 Å². The minimum Gasteiger partial charge on any atom is -0.299 e. The van der Waals surface area contributed by atoms with Crippen LogP contribution < -0.4 is 0 Å². The molecule has 2 aromatic carbocycles. The first kappa shape index (κ1) is 17.7. The van der Waals surface area contributed by atoms with Gasteiger partial charge in [-0.25, -0.2) is 0 Å². The van der Waals surface area contributed by atoms with E-state index in [4.69, 9.17) is 4.99 Å². The molecule has 3 nitrogen and oxygen atoms in total. The molecule has 140 valence electrons. The maximum atomic E-state index is 13.4. The van der Waals surface area contributed by atoms with Crippen molar-refractivity contribution in [2.24, 2.45) is 16.3 Å². The fraction of sp³-hybridized carbons (Fsp3) is 0.292. The summed E-state index contributed by atoms with van der Waals surface area (Å²) in [6.07, 6.45) is 1.29. The van der Waals surface area contributed by atoms with E-state index in [0.717, 1.165) is 33.4 Å². The zero-order chi connectivity index (χ0) is 19.6. The Kier molecular flexibility index (Phi) is 3.86. The Labute approximate surface area is 172 Å². The summed E-state index contributed by atoms with van der Waals surface area (Å²) in [5.74, 6) is -0.455. The lowest BCUT2D eigenvalue weighted by atomic mass is 9.63. The molecule has 0 radical (unpaired) electrons. The molecule has 1 aliphatic heterocycles. The van der Waals surface area contributed by atoms with Gasteiger partial charge in [0.2, 0.25) is 0 Å². The van der Waals surface area contributed by atoms with E-state index >= 15 is 0 Å². The van der Waals surface area contributed by atoms with Crippen molar-refractivity contribution in [2.45, 2.75) is 32.6 Å². The van der Waals surface area contributed by atoms with Gasteiger partial charge in [0.15, 0.2) is 5.78 Å². The Balaban J connectivity index is 1.78. The van der Waals surface area contributed by atoms with Crippen molar-refractivity contribution in [2.75, 3.05) is 0 Å². The van der Waals surface area contributed by atoms with Gasteiger partial charge in [0.05, 0.1) is 11.6 Å². The summed E-state index contributed by atoms with van der Waals surface area (Å²) in [5, 5.41) is 0. The van der Waals surface area contributed by atoms with Crippen LogP contribution in [-0.2, 0) is 4.79 Å². The lowest BCUT2D eigenvalue weighted by Crippen LogP contribution is -2.43. The van der Waals surface area contributed by atoms with Crippen molar-refractivity contribution in [1.29, 1.82) is 0 Å². The van der Waals surface area contributed by atoms with Crippen LogP contribution in [0.4, 0.5) is 0 Å². The maximum absolute atomic E-state index is 13.4. The molecular weight excluding hydrogens is 414 g/mol. The van der Waals surface area contributed by atoms with E-state index in [9.17, 15) is 9.59 Å². The Morgan fingerprint density at radius 1 is 0.929 bits per heavy atom. The quantitative estimate of drug-likeness (QED) is 0.587. The number of aliphatic imine (C=N–C) groups is 1. The summed E-state index contributed by atoms with van der Waals surface area (Å²) in [6, 6.07) is 15.6. The first-order valence-corrected chi connectivity index (χ1v) is 10.4. The number of ketones is 2. The molecule has 1 heterocycles. The zero-order valence-electron chi connectivity index (χ0n) is 15.8. The number of carbonyl (C=O) groups excluding carboxylic acids is 2. The van der Waals surface area contributed by atoms with Crippen LogP contribution in [-0.4, -0.2) is 17.3 Å². The van der Waals surface area contributed by atoms with Gasteiger partial charge in [0, 0.05) is 39.2 Å². The van der Waals surface area contributed by atoms with Crippen LogP contribution in [0.5, 0.6) is 0 Å². The van der Waals surface area contributed by atoms with E-state index < -0.39 is 0 Å². The average Bonchev–Trinajstić information content (AvgIpc) is 2.92. The number of rotatable bonds is 1. The van der Waals surface area contributed by atoms with Crippen LogP contribution in [0.25, 0.3) is 5.70 Å². The Bertz CT molecular complexity index is 1110. The lowest BCUT2D eigenvalue weighted by molar-refractivity contribution is -0.124. The molecule has 2 aliphatic carbocycles. The molecule has 5 rings (SSSR count). The molecular formula is C24H20BrNO2. The molecule has 1 unspecified atom stereocenters. The fourth-order valence-electron chi connectivity index (χ4n) is 4.98. The van der Waals surface area contributed by atoms with Crippen molar-refractivity contribution < 1.29 is 9.59 Å². The number of benzene rings is 2. The zero-order valence-corrected chi connectivity index (χ0v) is 17.4. The number of hydrogen-bond donors (Lipinski definition) is 0. The van der Waals surface area contributed by atoms with Gasteiger partial charge < -0.3 is 0 Å². The molecule has 0 aromatic heterocycles. The normalized spacial score (nSPS) is 25.2. The van der Waals surface area contributed by atoms with Crippen LogP contribution in [0.1, 0.15) is 54.1 Å². The largest absolute Gasteiger partial charge is 0.299 e. The summed E-state index contributed by atoms with van der Waals surface area (Å²) in [5.41, 5.74) is 4.82. The van der Waals surface area contributed by atoms with E-state index in [-0.39, 0.29) is 28.8 Å². The monoisotopic (exact) mass is 433 g/mol. The molecule has 0 bridgehead atoms. The summed E-state index contributed by atoms with van der Waals surface area (Å²) < 4.78 is 0.925. The van der Waals surface area contributed by atoms with Gasteiger partial charge in [0.1, 0.15) is 5.78 Å². The second kappa shape index (κ2) is 6.08. The molecule has 28 heavy (non-hydrogen) atoms. The standard InChI is InChI=1S/C24H20BrNO2/c1-24(2)11-17-20(18(27)12-24)19(15-9-5-6-10-16(15)25)21-22(26-17)13-7-3-4-8-14(13)23(21)28/h3-10,19-20H,11-12H2,1-2H3/t19-,20?/m0/s1. The number of allylic oxidation sites excluding steroid dienone is 1. The Morgan fingerprint density at radius 2 is 1.61 bits per heavy atom. The Hall–Kier alpha value is -2.33. The second-order valence-corrected chi connectivity index (χ2v) is 9.56. The highest BCUT2D eigenvalue weighted by Gasteiger charge is 2.50. The molecule has 3 aliphatic rings. The third-order valence-electron chi connectivity index (χ3n) is 6.08. The summed E-state index contributed by atoms with van der Waals surface area (Å²) in [4.78, 5) is 31.6. The van der Waals surface area contributed by atoms with Crippen molar-refractivity contribution >= 4 is 38.9 Å². The highest BCUT2D eigenvalue weighted by Crippen LogP contribution is 2.52. The van der Waals surface area contributed by atoms with E-state index in [2.05, 4.69) is 29.8 Å². The molecule has 4 heteroatoms. The molecule has 0 amide bonds. The van der Waals surface area contributed by atoms with E-state index in [1.807, 2.05) is 48.5 Å². The molecule has 2 atom stereocenters. The van der Waals surface area contributed by atoms with Crippen LogP contribution in [0.3, 0.4) is 0 Å². The fourth-order valence-corrected chi connectivity index (χ4v) is 5.52. The number of carbonyl (C=O) groups is 2. The van der Waals surface area contributed by atoms with Crippen molar-refractivity contribution in [3.8, 4) is 0 Å². The smallest absolute Gasteiger partial charge is 0.192 e. The topological polar surface area (TPSA) is 46.5 Å². The third kappa shape index (κ3) is 2.51. The SMILES string of the molecule is CC1(C)CC(=O)C2C(=NC3=C(C(=O)c4ccccc43)[C@H]2c2ccccc2Br)C1. The van der Waals surface area contributed by atoms with Gasteiger partial charge >= 0.3 is 0 Å². The van der Waals surface area contributed by atoms with Gasteiger partial charge in [-0.05, 0) is 23.5 Å². The third-order valence-corrected chi connectivity index (χ3v) is 6.81. The number of fused-ring (bicyclic) bond motifs is 3. The highest BCUT2D eigenvalue weighted by molar-refractivity contribution is 9.10. The molecule has 1 fully saturated rings. The van der Waals surface area contributed by atoms with Crippen LogP contribution in [0, 0.1) is 11.3 Å². The predicted molar refractivity (Wildman–Crippen MR) is 114 cm³/mol. The second-order valence-electron chi connectivity index (χ2n) is 8.70. The predicted octanol–water partition coefficient (Wildman–Crippen LogP) is 5.60. The number of Topliss-reactive ketones (excluding diaryl/α,β-unsaturated/α-hetero) is 2. The van der Waals surface area contributed by atoms with Crippen molar-refractivity contribution in [1.82, 2.24) is 0 Å². The first-order chi connectivity index (χ1) is 13.4. The minimum atomic E-state index is -0.358.